The lowest BCUT2D eigenvalue weighted by Crippen LogP contribution is -2.13. The van der Waals surface area contributed by atoms with Crippen LogP contribution < -0.4 is 10.5 Å². The fourth-order valence-corrected chi connectivity index (χ4v) is 6.58. The van der Waals surface area contributed by atoms with Gasteiger partial charge >= 0.3 is 0 Å². The molecule has 4 aromatic carbocycles. The Bertz CT molecular complexity index is 1820. The van der Waals surface area contributed by atoms with Gasteiger partial charge in [0, 0.05) is 31.8 Å². The molecule has 222 valence electrons. The average Bonchev–Trinajstić information content (AvgIpc) is 3.44. The second-order valence-corrected chi connectivity index (χ2v) is 12.6. The molecule has 1 aliphatic carbocycles. The maximum Gasteiger partial charge on any atom is 0.195 e. The molecule has 0 saturated heterocycles. The Kier molecular flexibility index (Phi) is 8.33. The van der Waals surface area contributed by atoms with Gasteiger partial charge in [-0.15, -0.1) is 11.3 Å². The summed E-state index contributed by atoms with van der Waals surface area (Å²) >= 11 is 7.31. The zero-order valence-electron chi connectivity index (χ0n) is 23.7. The van der Waals surface area contributed by atoms with E-state index in [1.54, 1.807) is 12.1 Å². The quantitative estimate of drug-likeness (QED) is 0.152. The van der Waals surface area contributed by atoms with Crippen molar-refractivity contribution >= 4 is 34.4 Å². The standard InChI is InChI=1S/C36H30ClNO5S/c37-32-14-13-31(44-32)30(38)19-29(39)20-43-36-27-11-4-12-28(36)18-26-10-3-8-24(35(26)42)16-22-6-1-5-21(33(22)40)15-23-7-2-9-25(17-27)34(23)41/h1-14,19,40-42H,15-18,20,38H2/b30-19-. The average molecular weight is 624 g/mol. The molecule has 0 amide bonds. The van der Waals surface area contributed by atoms with Crippen LogP contribution in [0, 0.1) is 0 Å². The van der Waals surface area contributed by atoms with Crippen LogP contribution in [0.4, 0.5) is 0 Å². The van der Waals surface area contributed by atoms with E-state index in [-0.39, 0.29) is 29.6 Å². The second-order valence-electron chi connectivity index (χ2n) is 10.8. The molecule has 0 atom stereocenters. The van der Waals surface area contributed by atoms with Crippen LogP contribution >= 0.6 is 22.9 Å². The summed E-state index contributed by atoms with van der Waals surface area (Å²) in [6, 6.07) is 25.9. The molecule has 8 bridgehead atoms. The lowest BCUT2D eigenvalue weighted by molar-refractivity contribution is -0.116. The second kappa shape index (κ2) is 12.5. The van der Waals surface area contributed by atoms with Crippen molar-refractivity contribution in [3.05, 3.63) is 145 Å². The third-order valence-corrected chi connectivity index (χ3v) is 9.12. The van der Waals surface area contributed by atoms with E-state index in [9.17, 15) is 20.1 Å². The molecule has 6 nitrogen and oxygen atoms in total. The highest BCUT2D eigenvalue weighted by Gasteiger charge is 2.20. The normalized spacial score (nSPS) is 13.0. The Morgan fingerprint density at radius 3 is 1.45 bits per heavy atom. The van der Waals surface area contributed by atoms with Gasteiger partial charge in [-0.25, -0.2) is 0 Å². The number of carbonyl (C=O) groups is 1. The van der Waals surface area contributed by atoms with Crippen molar-refractivity contribution < 1.29 is 24.9 Å². The van der Waals surface area contributed by atoms with E-state index in [4.69, 9.17) is 22.1 Å². The Morgan fingerprint density at radius 2 is 1.07 bits per heavy atom. The van der Waals surface area contributed by atoms with Gasteiger partial charge in [-0.1, -0.05) is 84.4 Å². The van der Waals surface area contributed by atoms with Crippen LogP contribution in [0.15, 0.2) is 91.0 Å². The summed E-state index contributed by atoms with van der Waals surface area (Å²) < 4.78 is 6.80. The summed E-state index contributed by atoms with van der Waals surface area (Å²) in [5.74, 6) is 0.633. The molecule has 8 heteroatoms. The number of ether oxygens (including phenoxy) is 1. The summed E-state index contributed by atoms with van der Waals surface area (Å²) in [4.78, 5) is 13.7. The number of para-hydroxylation sites is 4. The predicted octanol–water partition coefficient (Wildman–Crippen LogP) is 7.14. The fraction of sp³-hybridized carbons (Fsp3) is 0.139. The molecule has 44 heavy (non-hydrogen) atoms. The van der Waals surface area contributed by atoms with Gasteiger partial charge < -0.3 is 25.8 Å². The number of hydrogen-bond acceptors (Lipinski definition) is 7. The molecule has 0 aliphatic heterocycles. The third kappa shape index (κ3) is 6.16. The summed E-state index contributed by atoms with van der Waals surface area (Å²) in [6.07, 6.45) is 2.66. The molecule has 1 aliphatic rings. The molecule has 1 aromatic heterocycles. The number of phenols is 3. The van der Waals surface area contributed by atoms with E-state index >= 15 is 0 Å². The zero-order valence-corrected chi connectivity index (χ0v) is 25.3. The van der Waals surface area contributed by atoms with Crippen molar-refractivity contribution in [1.82, 2.24) is 0 Å². The van der Waals surface area contributed by atoms with Crippen LogP contribution in [0.25, 0.3) is 5.70 Å². The molecule has 6 rings (SSSR count). The highest BCUT2D eigenvalue weighted by atomic mass is 35.5. The highest BCUT2D eigenvalue weighted by molar-refractivity contribution is 7.17. The lowest BCUT2D eigenvalue weighted by atomic mass is 9.91. The third-order valence-electron chi connectivity index (χ3n) is 7.84. The molecule has 1 heterocycles. The largest absolute Gasteiger partial charge is 0.507 e. The number of hydrogen-bond donors (Lipinski definition) is 4. The maximum absolute atomic E-state index is 13.0. The van der Waals surface area contributed by atoms with Crippen LogP contribution in [0.1, 0.15) is 49.4 Å². The van der Waals surface area contributed by atoms with Gasteiger partial charge in [0.1, 0.15) is 23.0 Å². The number of benzene rings is 4. The maximum atomic E-state index is 13.0. The van der Waals surface area contributed by atoms with Crippen molar-refractivity contribution in [1.29, 1.82) is 0 Å². The number of thiophene rings is 1. The van der Waals surface area contributed by atoms with E-state index in [0.29, 0.717) is 79.7 Å². The first kappa shape index (κ1) is 29.4. The SMILES string of the molecule is N/C(=C\C(=O)COc1c2cccc1Cc1cccc(c1O)Cc1cccc(c1O)Cc1cccc(c1O)C2)c1ccc(Cl)s1. The van der Waals surface area contributed by atoms with E-state index in [2.05, 4.69) is 0 Å². The van der Waals surface area contributed by atoms with Gasteiger partial charge in [-0.3, -0.25) is 4.79 Å². The first-order valence-electron chi connectivity index (χ1n) is 14.1. The number of rotatable bonds is 5. The van der Waals surface area contributed by atoms with E-state index in [1.165, 1.54) is 17.4 Å². The van der Waals surface area contributed by atoms with Crippen LogP contribution in [-0.4, -0.2) is 27.7 Å². The minimum Gasteiger partial charge on any atom is -0.507 e. The van der Waals surface area contributed by atoms with Crippen LogP contribution in [0.5, 0.6) is 23.0 Å². The molecular formula is C36H30ClNO5S. The van der Waals surface area contributed by atoms with Crippen molar-refractivity contribution in [3.8, 4) is 23.0 Å². The topological polar surface area (TPSA) is 113 Å². The van der Waals surface area contributed by atoms with Gasteiger partial charge in [-0.2, -0.15) is 0 Å². The molecule has 5 aromatic rings. The number of fused-ring (bicyclic) bond motifs is 8. The molecule has 0 saturated carbocycles. The summed E-state index contributed by atoms with van der Waals surface area (Å²) in [5, 5.41) is 33.8. The lowest BCUT2D eigenvalue weighted by Gasteiger charge is -2.19. The summed E-state index contributed by atoms with van der Waals surface area (Å²) in [6.45, 7) is -0.254. The number of carbonyl (C=O) groups excluding carboxylic acids is 1. The first-order chi connectivity index (χ1) is 21.3. The monoisotopic (exact) mass is 623 g/mol. The fourth-order valence-electron chi connectivity index (χ4n) is 5.61. The molecular weight excluding hydrogens is 594 g/mol. The van der Waals surface area contributed by atoms with Crippen molar-refractivity contribution in [2.45, 2.75) is 25.7 Å². The minimum atomic E-state index is -0.314. The Hall–Kier alpha value is -4.72. The number of ketones is 1. The highest BCUT2D eigenvalue weighted by Crippen LogP contribution is 2.37. The molecule has 0 fully saturated rings. The van der Waals surface area contributed by atoms with Crippen LogP contribution in [-0.2, 0) is 30.5 Å². The minimum absolute atomic E-state index is 0.144. The van der Waals surface area contributed by atoms with Gasteiger partial charge in [0.2, 0.25) is 0 Å². The van der Waals surface area contributed by atoms with Gasteiger partial charge in [-0.05, 0) is 56.6 Å². The van der Waals surface area contributed by atoms with Crippen LogP contribution in [0.2, 0.25) is 4.34 Å². The van der Waals surface area contributed by atoms with Crippen molar-refractivity contribution in [2.75, 3.05) is 6.61 Å². The zero-order chi connectivity index (χ0) is 30.8. The van der Waals surface area contributed by atoms with E-state index in [1.807, 2.05) is 72.8 Å². The van der Waals surface area contributed by atoms with Gasteiger partial charge in [0.15, 0.2) is 12.4 Å². The van der Waals surface area contributed by atoms with Crippen molar-refractivity contribution in [3.63, 3.8) is 0 Å². The van der Waals surface area contributed by atoms with Crippen LogP contribution in [0.3, 0.4) is 0 Å². The summed E-state index contributed by atoms with van der Waals surface area (Å²) in [5.41, 5.74) is 12.1. The van der Waals surface area contributed by atoms with E-state index < -0.39 is 0 Å². The predicted molar refractivity (Wildman–Crippen MR) is 174 cm³/mol. The number of phenolic OH excluding ortho intramolecular Hbond substituents is 3. The smallest absolute Gasteiger partial charge is 0.195 e. The Morgan fingerprint density at radius 1 is 0.682 bits per heavy atom. The first-order valence-corrected chi connectivity index (χ1v) is 15.3. The number of halogens is 1. The number of nitrogens with two attached hydrogens (primary N) is 1. The summed E-state index contributed by atoms with van der Waals surface area (Å²) in [7, 11) is 0. The van der Waals surface area contributed by atoms with Crippen molar-refractivity contribution in [2.24, 2.45) is 5.73 Å². The Labute approximate surface area is 264 Å². The van der Waals surface area contributed by atoms with Gasteiger partial charge in [0.25, 0.3) is 0 Å². The molecule has 0 unspecified atom stereocenters. The Balaban J connectivity index is 1.41. The number of aromatic hydroxyl groups is 3. The molecule has 5 N–H and O–H groups in total. The van der Waals surface area contributed by atoms with Gasteiger partial charge in [0.05, 0.1) is 14.9 Å². The molecule has 0 radical (unpaired) electrons. The van der Waals surface area contributed by atoms with E-state index in [0.717, 1.165) is 11.1 Å². The molecule has 0 spiro atoms.